The summed E-state index contributed by atoms with van der Waals surface area (Å²) < 4.78 is 54.7. The van der Waals surface area contributed by atoms with Gasteiger partial charge in [-0.2, -0.15) is 0 Å². The molecule has 0 aliphatic carbocycles. The van der Waals surface area contributed by atoms with Crippen LogP contribution in [0, 0.1) is 0 Å². The number of nitrogens with zero attached hydrogens (tertiary/aromatic N) is 3. The molecule has 0 atom stereocenters. The van der Waals surface area contributed by atoms with Crippen molar-refractivity contribution >= 4 is 12.2 Å². The Labute approximate surface area is 353 Å². The topological polar surface area (TPSA) is 136 Å². The van der Waals surface area contributed by atoms with Gasteiger partial charge in [0.1, 0.15) is 23.0 Å². The quantitative estimate of drug-likeness (QED) is 0.0440. The van der Waals surface area contributed by atoms with Gasteiger partial charge in [0.05, 0.1) is 41.7 Å². The van der Waals surface area contributed by atoms with Crippen molar-refractivity contribution in [2.24, 2.45) is 0 Å². The highest BCUT2D eigenvalue weighted by Crippen LogP contribution is 2.21. The van der Waals surface area contributed by atoms with Crippen LogP contribution < -0.4 is 18.9 Å². The number of amides is 2. The number of rotatable bonds is 27. The van der Waals surface area contributed by atoms with Crippen LogP contribution in [-0.4, -0.2) is 116 Å². The molecular formula is C45H59N3O12. The maximum absolute atomic E-state index is 13.2. The van der Waals surface area contributed by atoms with E-state index in [0.717, 1.165) is 22.3 Å². The molecule has 0 radical (unpaired) electrons. The maximum Gasteiger partial charge on any atom is 0.412 e. The second kappa shape index (κ2) is 26.5. The molecule has 0 aliphatic heterocycles. The van der Waals surface area contributed by atoms with Gasteiger partial charge >= 0.3 is 12.2 Å². The second-order valence-electron chi connectivity index (χ2n) is 13.8. The molecule has 326 valence electrons. The molecule has 0 saturated carbocycles. The maximum atomic E-state index is 13.2. The molecule has 0 aliphatic rings. The smallest absolute Gasteiger partial charge is 0.412 e. The molecule has 15 heteroatoms. The Hall–Kier alpha value is -5.58. The van der Waals surface area contributed by atoms with E-state index < -0.39 is 12.2 Å². The van der Waals surface area contributed by atoms with Gasteiger partial charge in [-0.3, -0.25) is 9.80 Å². The lowest BCUT2D eigenvalue weighted by molar-refractivity contribution is -0.120. The van der Waals surface area contributed by atoms with Crippen molar-refractivity contribution in [3.05, 3.63) is 119 Å². The van der Waals surface area contributed by atoms with E-state index in [1.165, 1.54) is 0 Å². The summed E-state index contributed by atoms with van der Waals surface area (Å²) in [5.41, 5.74) is 3.55. The van der Waals surface area contributed by atoms with Crippen LogP contribution in [0.15, 0.2) is 97.1 Å². The highest BCUT2D eigenvalue weighted by atomic mass is 16.8. The molecule has 0 N–H and O–H groups in total. The van der Waals surface area contributed by atoms with Crippen molar-refractivity contribution in [3.63, 3.8) is 0 Å². The average Bonchev–Trinajstić information content (AvgIpc) is 3.27. The molecule has 0 saturated heterocycles. The molecule has 0 bridgehead atoms. The molecular weight excluding hydrogens is 775 g/mol. The third-order valence-electron chi connectivity index (χ3n) is 9.33. The van der Waals surface area contributed by atoms with E-state index in [2.05, 4.69) is 4.90 Å². The van der Waals surface area contributed by atoms with E-state index in [1.807, 2.05) is 111 Å². The van der Waals surface area contributed by atoms with Crippen molar-refractivity contribution in [2.75, 3.05) is 82.9 Å². The zero-order chi connectivity index (χ0) is 43.0. The van der Waals surface area contributed by atoms with Crippen LogP contribution in [0.2, 0.25) is 0 Å². The summed E-state index contributed by atoms with van der Waals surface area (Å²) in [5.74, 6) is 2.79. The number of hydrogen-bond acceptors (Lipinski definition) is 13. The van der Waals surface area contributed by atoms with Crippen LogP contribution >= 0.6 is 0 Å². The molecule has 4 aromatic carbocycles. The highest BCUT2D eigenvalue weighted by Gasteiger charge is 2.19. The highest BCUT2D eigenvalue weighted by molar-refractivity contribution is 5.68. The number of ether oxygens (including phenoxy) is 10. The number of carbonyl (C=O) groups is 2. The summed E-state index contributed by atoms with van der Waals surface area (Å²) in [6.45, 7) is 1.42. The zero-order valence-corrected chi connectivity index (χ0v) is 35.5. The van der Waals surface area contributed by atoms with E-state index in [9.17, 15) is 9.59 Å². The van der Waals surface area contributed by atoms with Crippen molar-refractivity contribution in [1.82, 2.24) is 14.7 Å². The van der Waals surface area contributed by atoms with Crippen LogP contribution in [0.3, 0.4) is 0 Å². The standard InChI is InChI=1S/C45H59N3O12/c1-46(2)39(19-21-55-31-57-33-59-44(49)47(27-35-11-7-15-40(23-35)51-3)28-36-12-8-16-41(24-36)52-4)20-22-56-32-58-34-60-45(50)48(29-37-13-9-17-42(25-37)53-5)30-38-14-10-18-43(26-38)54-6/h7-18,23-26,39H,19-22,27-34H2,1-6H3. The number of benzene rings is 4. The van der Waals surface area contributed by atoms with Gasteiger partial charge in [0.15, 0.2) is 27.2 Å². The van der Waals surface area contributed by atoms with Crippen molar-refractivity contribution in [1.29, 1.82) is 0 Å². The monoisotopic (exact) mass is 833 g/mol. The van der Waals surface area contributed by atoms with Crippen LogP contribution in [0.4, 0.5) is 9.59 Å². The van der Waals surface area contributed by atoms with E-state index >= 15 is 0 Å². The normalized spacial score (nSPS) is 11.0. The minimum absolute atomic E-state index is 0.0429. The predicted molar refractivity (Wildman–Crippen MR) is 224 cm³/mol. The van der Waals surface area contributed by atoms with Gasteiger partial charge in [-0.25, -0.2) is 9.59 Å². The molecule has 0 aromatic heterocycles. The van der Waals surface area contributed by atoms with E-state index in [0.29, 0.717) is 75.2 Å². The molecule has 0 heterocycles. The largest absolute Gasteiger partial charge is 0.497 e. The SMILES string of the molecule is COc1cccc(CN(Cc2cccc(OC)c2)C(=O)OCOCOCCC(CCOCOCOC(=O)N(Cc2cccc(OC)c2)Cc2cccc(OC)c2)N(C)C)c1. The first-order valence-corrected chi connectivity index (χ1v) is 19.5. The molecule has 4 rings (SSSR count). The van der Waals surface area contributed by atoms with E-state index in [4.69, 9.17) is 47.4 Å². The Bertz CT molecular complexity index is 1630. The summed E-state index contributed by atoms with van der Waals surface area (Å²) in [4.78, 5) is 31.6. The third-order valence-corrected chi connectivity index (χ3v) is 9.33. The van der Waals surface area contributed by atoms with Gasteiger partial charge in [-0.05, 0) is 97.7 Å². The van der Waals surface area contributed by atoms with E-state index in [-0.39, 0.29) is 33.2 Å². The van der Waals surface area contributed by atoms with Crippen LogP contribution in [0.1, 0.15) is 35.1 Å². The Morgan fingerprint density at radius 1 is 0.467 bits per heavy atom. The summed E-state index contributed by atoms with van der Waals surface area (Å²) in [6.07, 6.45) is 0.351. The van der Waals surface area contributed by atoms with Gasteiger partial charge in [0, 0.05) is 32.2 Å². The minimum Gasteiger partial charge on any atom is -0.497 e. The number of carbonyl (C=O) groups excluding carboxylic acids is 2. The summed E-state index contributed by atoms with van der Waals surface area (Å²) in [5, 5.41) is 0. The predicted octanol–water partition coefficient (Wildman–Crippen LogP) is 7.31. The van der Waals surface area contributed by atoms with Gasteiger partial charge in [0.2, 0.25) is 0 Å². The number of hydrogen-bond donors (Lipinski definition) is 0. The van der Waals surface area contributed by atoms with Gasteiger partial charge in [-0.1, -0.05) is 48.5 Å². The van der Waals surface area contributed by atoms with Crippen molar-refractivity contribution in [2.45, 2.75) is 45.1 Å². The fourth-order valence-corrected chi connectivity index (χ4v) is 6.10. The molecule has 0 spiro atoms. The Kier molecular flexibility index (Phi) is 20.8. The number of methoxy groups -OCH3 is 4. The van der Waals surface area contributed by atoms with Gasteiger partial charge < -0.3 is 52.3 Å². The van der Waals surface area contributed by atoms with Gasteiger partial charge in [-0.15, -0.1) is 0 Å². The first-order chi connectivity index (χ1) is 29.2. The minimum atomic E-state index is -0.536. The van der Waals surface area contributed by atoms with Crippen LogP contribution in [0.25, 0.3) is 0 Å². The lowest BCUT2D eigenvalue weighted by Crippen LogP contribution is -2.32. The molecule has 0 fully saturated rings. The van der Waals surface area contributed by atoms with Gasteiger partial charge in [0.25, 0.3) is 0 Å². The third kappa shape index (κ3) is 17.0. The Morgan fingerprint density at radius 2 is 0.783 bits per heavy atom. The summed E-state index contributed by atoms with van der Waals surface area (Å²) in [7, 11) is 10.4. The molecule has 2 amide bonds. The zero-order valence-electron chi connectivity index (χ0n) is 35.5. The Morgan fingerprint density at radius 3 is 1.07 bits per heavy atom. The summed E-state index contributed by atoms with van der Waals surface area (Å²) >= 11 is 0. The average molecular weight is 834 g/mol. The molecule has 15 nitrogen and oxygen atoms in total. The first-order valence-electron chi connectivity index (χ1n) is 19.5. The molecule has 4 aromatic rings. The molecule has 60 heavy (non-hydrogen) atoms. The van der Waals surface area contributed by atoms with Crippen LogP contribution in [-0.2, 0) is 54.6 Å². The Balaban J connectivity index is 1.12. The lowest BCUT2D eigenvalue weighted by atomic mass is 10.1. The summed E-state index contributed by atoms with van der Waals surface area (Å²) in [6, 6.07) is 30.3. The van der Waals surface area contributed by atoms with Crippen molar-refractivity contribution < 1.29 is 57.0 Å². The van der Waals surface area contributed by atoms with Crippen molar-refractivity contribution in [3.8, 4) is 23.0 Å². The fraction of sp³-hybridized carbons (Fsp3) is 0.422. The second-order valence-corrected chi connectivity index (χ2v) is 13.8. The van der Waals surface area contributed by atoms with E-state index in [1.54, 1.807) is 38.2 Å². The lowest BCUT2D eigenvalue weighted by Gasteiger charge is -2.24. The van der Waals surface area contributed by atoms with Crippen LogP contribution in [0.5, 0.6) is 23.0 Å². The fourth-order valence-electron chi connectivity index (χ4n) is 6.10. The molecule has 0 unspecified atom stereocenters. The first kappa shape index (κ1) is 47.1.